The Labute approximate surface area is 69.4 Å². The van der Waals surface area contributed by atoms with Crippen LogP contribution in [0.2, 0.25) is 19.6 Å². The van der Waals surface area contributed by atoms with Crippen LogP contribution in [0.15, 0.2) is 16.7 Å². The summed E-state index contributed by atoms with van der Waals surface area (Å²) in [5, 5.41) is 0. The fourth-order valence-corrected chi connectivity index (χ4v) is 2.61. The van der Waals surface area contributed by atoms with Crippen molar-refractivity contribution in [2.45, 2.75) is 32.6 Å². The fourth-order valence-electron chi connectivity index (χ4n) is 1.20. The maximum absolute atomic E-state index is 5.23. The molecule has 1 nitrogen and oxygen atoms in total. The van der Waals surface area contributed by atoms with Gasteiger partial charge in [0.25, 0.3) is 0 Å². The molecule has 0 saturated carbocycles. The predicted octanol–water partition coefficient (Wildman–Crippen LogP) is 3.01. The Hall–Kier alpha value is -0.503. The van der Waals surface area contributed by atoms with Crippen molar-refractivity contribution < 1.29 is 4.42 Å². The number of hydrogen-bond acceptors (Lipinski definition) is 1. The monoisotopic (exact) mass is 168 g/mol. The first-order valence-electron chi connectivity index (χ1n) is 4.01. The lowest BCUT2D eigenvalue weighted by Gasteiger charge is -2.13. The van der Waals surface area contributed by atoms with Gasteiger partial charge in [-0.15, -0.1) is 0 Å². The van der Waals surface area contributed by atoms with Gasteiger partial charge in [-0.3, -0.25) is 0 Å². The van der Waals surface area contributed by atoms with Gasteiger partial charge in [0.05, 0.1) is 6.26 Å². The highest BCUT2D eigenvalue weighted by atomic mass is 28.3. The molecule has 0 aliphatic carbocycles. The van der Waals surface area contributed by atoms with Gasteiger partial charge in [-0.25, -0.2) is 0 Å². The molecule has 0 amide bonds. The molecule has 1 heterocycles. The molecule has 11 heavy (non-hydrogen) atoms. The van der Waals surface area contributed by atoms with Crippen LogP contribution in [0.5, 0.6) is 0 Å². The highest BCUT2D eigenvalue weighted by Gasteiger charge is 2.14. The Bertz CT molecular complexity index is 232. The summed E-state index contributed by atoms with van der Waals surface area (Å²) in [7, 11) is -0.945. The maximum Gasteiger partial charge on any atom is 0.100 e. The van der Waals surface area contributed by atoms with Crippen molar-refractivity contribution in [3.63, 3.8) is 0 Å². The van der Waals surface area contributed by atoms with Crippen LogP contribution in [-0.2, 0) is 6.04 Å². The van der Waals surface area contributed by atoms with Crippen LogP contribution in [0.4, 0.5) is 0 Å². The molecule has 62 valence electrons. The largest absolute Gasteiger partial charge is 0.469 e. The molecule has 1 aromatic heterocycles. The summed E-state index contributed by atoms with van der Waals surface area (Å²) in [5.41, 5.74) is 1.36. The standard InChI is InChI=1S/C9H16OSi/c1-8-5-9(6-10-8)7-11(2,3)4/h5-6H,7H2,1-4H3. The molecular weight excluding hydrogens is 152 g/mol. The van der Waals surface area contributed by atoms with Crippen LogP contribution in [0.25, 0.3) is 0 Å². The van der Waals surface area contributed by atoms with Crippen LogP contribution in [0.1, 0.15) is 11.3 Å². The van der Waals surface area contributed by atoms with E-state index in [1.165, 1.54) is 11.6 Å². The lowest BCUT2D eigenvalue weighted by molar-refractivity contribution is 0.532. The topological polar surface area (TPSA) is 13.1 Å². The Balaban J connectivity index is 2.65. The molecule has 0 aromatic carbocycles. The van der Waals surface area contributed by atoms with Crippen LogP contribution >= 0.6 is 0 Å². The van der Waals surface area contributed by atoms with Gasteiger partial charge >= 0.3 is 0 Å². The van der Waals surface area contributed by atoms with Crippen LogP contribution in [-0.4, -0.2) is 8.07 Å². The number of furan rings is 1. The molecule has 2 heteroatoms. The van der Waals surface area contributed by atoms with Crippen LogP contribution in [0.3, 0.4) is 0 Å². The van der Waals surface area contributed by atoms with Crippen LogP contribution in [0, 0.1) is 6.92 Å². The van der Waals surface area contributed by atoms with Crippen molar-refractivity contribution in [2.75, 3.05) is 0 Å². The Kier molecular flexibility index (Phi) is 2.23. The second-order valence-corrected chi connectivity index (χ2v) is 9.78. The van der Waals surface area contributed by atoms with Crippen molar-refractivity contribution in [2.24, 2.45) is 0 Å². The SMILES string of the molecule is Cc1cc(C[Si](C)(C)C)co1. The first kappa shape index (κ1) is 8.59. The first-order chi connectivity index (χ1) is 4.97. The quantitative estimate of drug-likeness (QED) is 0.619. The van der Waals surface area contributed by atoms with E-state index in [2.05, 4.69) is 25.7 Å². The average molecular weight is 168 g/mol. The van der Waals surface area contributed by atoms with E-state index in [0.29, 0.717) is 0 Å². The smallest absolute Gasteiger partial charge is 0.100 e. The van der Waals surface area contributed by atoms with Crippen molar-refractivity contribution in [3.05, 3.63) is 23.7 Å². The van der Waals surface area contributed by atoms with Crippen molar-refractivity contribution in [1.82, 2.24) is 0 Å². The van der Waals surface area contributed by atoms with E-state index in [4.69, 9.17) is 4.42 Å². The molecule has 0 N–H and O–H groups in total. The molecule has 0 radical (unpaired) electrons. The zero-order valence-electron chi connectivity index (χ0n) is 7.77. The molecule has 0 aliphatic rings. The van der Waals surface area contributed by atoms with Crippen molar-refractivity contribution in [1.29, 1.82) is 0 Å². The third-order valence-corrected chi connectivity index (χ3v) is 2.99. The molecule has 0 spiro atoms. The van der Waals surface area contributed by atoms with Gasteiger partial charge in [0.2, 0.25) is 0 Å². The summed E-state index contributed by atoms with van der Waals surface area (Å²) in [5.74, 6) is 1.03. The zero-order chi connectivity index (χ0) is 8.48. The summed E-state index contributed by atoms with van der Waals surface area (Å²) in [6.07, 6.45) is 1.88. The van der Waals surface area contributed by atoms with E-state index in [1.54, 1.807) is 0 Å². The second kappa shape index (κ2) is 2.86. The summed E-state index contributed by atoms with van der Waals surface area (Å²) >= 11 is 0. The highest BCUT2D eigenvalue weighted by molar-refractivity contribution is 6.75. The highest BCUT2D eigenvalue weighted by Crippen LogP contribution is 2.13. The molecule has 0 bridgehead atoms. The van der Waals surface area contributed by atoms with E-state index in [1.807, 2.05) is 13.2 Å². The molecule has 0 atom stereocenters. The molecule has 1 aromatic rings. The summed E-state index contributed by atoms with van der Waals surface area (Å²) in [4.78, 5) is 0. The Morgan fingerprint density at radius 3 is 2.36 bits per heavy atom. The number of hydrogen-bond donors (Lipinski definition) is 0. The number of aryl methyl sites for hydroxylation is 1. The molecular formula is C9H16OSi. The van der Waals surface area contributed by atoms with Crippen LogP contribution < -0.4 is 0 Å². The van der Waals surface area contributed by atoms with E-state index in [-0.39, 0.29) is 0 Å². The van der Waals surface area contributed by atoms with Gasteiger partial charge in [-0.1, -0.05) is 19.6 Å². The molecule has 0 unspecified atom stereocenters. The summed E-state index contributed by atoms with van der Waals surface area (Å²) < 4.78 is 5.23. The lowest BCUT2D eigenvalue weighted by atomic mass is 10.3. The first-order valence-corrected chi connectivity index (χ1v) is 7.72. The van der Waals surface area contributed by atoms with Gasteiger partial charge in [0.15, 0.2) is 0 Å². The normalized spacial score (nSPS) is 12.0. The minimum atomic E-state index is -0.945. The van der Waals surface area contributed by atoms with Gasteiger partial charge in [-0.05, 0) is 24.6 Å². The number of rotatable bonds is 2. The minimum Gasteiger partial charge on any atom is -0.469 e. The maximum atomic E-state index is 5.23. The van der Waals surface area contributed by atoms with Gasteiger partial charge in [0.1, 0.15) is 5.76 Å². The molecule has 0 aliphatic heterocycles. The zero-order valence-corrected chi connectivity index (χ0v) is 8.77. The summed E-state index contributed by atoms with van der Waals surface area (Å²) in [6.45, 7) is 9.10. The van der Waals surface area contributed by atoms with E-state index in [0.717, 1.165) is 5.76 Å². The molecule has 1 rings (SSSR count). The van der Waals surface area contributed by atoms with Crippen molar-refractivity contribution >= 4 is 8.07 Å². The lowest BCUT2D eigenvalue weighted by Crippen LogP contribution is -2.23. The summed E-state index contributed by atoms with van der Waals surface area (Å²) in [6, 6.07) is 3.36. The Morgan fingerprint density at radius 1 is 1.36 bits per heavy atom. The third-order valence-electron chi connectivity index (χ3n) is 1.52. The second-order valence-electron chi connectivity index (χ2n) is 4.30. The minimum absolute atomic E-state index is 0.945. The fraction of sp³-hybridized carbons (Fsp3) is 0.556. The Morgan fingerprint density at radius 2 is 2.00 bits per heavy atom. The van der Waals surface area contributed by atoms with E-state index in [9.17, 15) is 0 Å². The van der Waals surface area contributed by atoms with Gasteiger partial charge in [-0.2, -0.15) is 0 Å². The predicted molar refractivity (Wildman–Crippen MR) is 50.5 cm³/mol. The van der Waals surface area contributed by atoms with Crippen molar-refractivity contribution in [3.8, 4) is 0 Å². The molecule has 0 fully saturated rings. The van der Waals surface area contributed by atoms with Gasteiger partial charge in [0, 0.05) is 8.07 Å². The van der Waals surface area contributed by atoms with E-state index < -0.39 is 8.07 Å². The van der Waals surface area contributed by atoms with E-state index >= 15 is 0 Å². The van der Waals surface area contributed by atoms with Gasteiger partial charge < -0.3 is 4.42 Å². The average Bonchev–Trinajstić information content (AvgIpc) is 2.10. The third kappa shape index (κ3) is 2.93. The molecule has 0 saturated heterocycles.